The number of likely N-dealkylation sites (N-methyl/N-ethyl adjacent to an activating group) is 1. The van der Waals surface area contributed by atoms with E-state index in [1.165, 1.54) is 12.1 Å². The lowest BCUT2D eigenvalue weighted by molar-refractivity contribution is -0.0117. The monoisotopic (exact) mass is 283 g/mol. The highest BCUT2D eigenvalue weighted by molar-refractivity contribution is 7.80. The second-order valence-electron chi connectivity index (χ2n) is 4.69. The van der Waals surface area contributed by atoms with Gasteiger partial charge >= 0.3 is 0 Å². The quantitative estimate of drug-likeness (QED) is 0.813. The number of thiocarbonyl (C=S) groups is 1. The van der Waals surface area contributed by atoms with Gasteiger partial charge in [-0.25, -0.2) is 4.39 Å². The number of halogens is 1. The molecule has 0 aliphatic carbocycles. The largest absolute Gasteiger partial charge is 0.389 e. The molecule has 6 heteroatoms. The Labute approximate surface area is 117 Å². The van der Waals surface area contributed by atoms with Crippen LogP contribution >= 0.6 is 12.2 Å². The molecule has 0 spiro atoms. The van der Waals surface area contributed by atoms with Crippen LogP contribution in [0.25, 0.3) is 0 Å². The van der Waals surface area contributed by atoms with Crippen molar-refractivity contribution in [3.8, 4) is 0 Å². The van der Waals surface area contributed by atoms with Gasteiger partial charge in [0.1, 0.15) is 10.8 Å². The molecule has 19 heavy (non-hydrogen) atoms. The minimum atomic E-state index is -0.345. The van der Waals surface area contributed by atoms with Gasteiger partial charge in [-0.3, -0.25) is 0 Å². The summed E-state index contributed by atoms with van der Waals surface area (Å²) in [6.45, 7) is 3.20. The third-order valence-electron chi connectivity index (χ3n) is 3.11. The number of benzene rings is 1. The Morgan fingerprint density at radius 1 is 1.63 bits per heavy atom. The van der Waals surface area contributed by atoms with E-state index < -0.39 is 0 Å². The molecule has 1 fully saturated rings. The van der Waals surface area contributed by atoms with Crippen LogP contribution in [-0.2, 0) is 4.74 Å². The second-order valence-corrected chi connectivity index (χ2v) is 5.13. The van der Waals surface area contributed by atoms with E-state index >= 15 is 0 Å². The number of rotatable bonds is 4. The Morgan fingerprint density at radius 3 is 3.11 bits per heavy atom. The van der Waals surface area contributed by atoms with Crippen molar-refractivity contribution < 1.29 is 9.13 Å². The van der Waals surface area contributed by atoms with Crippen LogP contribution in [0.3, 0.4) is 0 Å². The fraction of sp³-hybridized carbons (Fsp3) is 0.462. The number of nitrogens with two attached hydrogens (primary N) is 1. The molecule has 1 aliphatic heterocycles. The molecule has 104 valence electrons. The standard InChI is InChI=1S/C13H18FN3OS/c1-17-4-5-18-10(8-17)7-16-12-3-2-9(14)6-11(12)13(15)19/h2-3,6,10,16H,4-5,7-8H2,1H3,(H2,15,19). The van der Waals surface area contributed by atoms with Gasteiger partial charge in [0.2, 0.25) is 0 Å². The minimum Gasteiger partial charge on any atom is -0.389 e. The van der Waals surface area contributed by atoms with Gasteiger partial charge in [0, 0.05) is 30.9 Å². The molecule has 1 unspecified atom stereocenters. The molecular weight excluding hydrogens is 265 g/mol. The topological polar surface area (TPSA) is 50.5 Å². The maximum Gasteiger partial charge on any atom is 0.124 e. The number of nitrogens with zero attached hydrogens (tertiary/aromatic N) is 1. The molecule has 1 saturated heterocycles. The van der Waals surface area contributed by atoms with Crippen LogP contribution in [0.15, 0.2) is 18.2 Å². The zero-order valence-corrected chi connectivity index (χ0v) is 11.7. The first-order valence-electron chi connectivity index (χ1n) is 6.19. The first kappa shape index (κ1) is 14.2. The maximum absolute atomic E-state index is 13.2. The van der Waals surface area contributed by atoms with Crippen LogP contribution in [0.1, 0.15) is 5.56 Å². The molecular formula is C13H18FN3OS. The van der Waals surface area contributed by atoms with E-state index in [-0.39, 0.29) is 16.9 Å². The lowest BCUT2D eigenvalue weighted by Gasteiger charge is -2.30. The highest BCUT2D eigenvalue weighted by Gasteiger charge is 2.18. The van der Waals surface area contributed by atoms with Crippen molar-refractivity contribution in [1.82, 2.24) is 4.90 Å². The molecule has 4 nitrogen and oxygen atoms in total. The lowest BCUT2D eigenvalue weighted by Crippen LogP contribution is -2.43. The van der Waals surface area contributed by atoms with Gasteiger partial charge < -0.3 is 20.7 Å². The molecule has 1 aromatic carbocycles. The summed E-state index contributed by atoms with van der Waals surface area (Å²) in [7, 11) is 2.06. The van der Waals surface area contributed by atoms with Crippen LogP contribution in [0.2, 0.25) is 0 Å². The number of morpholine rings is 1. The van der Waals surface area contributed by atoms with Gasteiger partial charge in [-0.15, -0.1) is 0 Å². The summed E-state index contributed by atoms with van der Waals surface area (Å²) < 4.78 is 18.8. The van der Waals surface area contributed by atoms with Crippen LogP contribution in [0, 0.1) is 5.82 Å². The van der Waals surface area contributed by atoms with E-state index in [1.807, 2.05) is 0 Å². The summed E-state index contributed by atoms with van der Waals surface area (Å²) >= 11 is 4.93. The number of hydrogen-bond acceptors (Lipinski definition) is 4. The summed E-state index contributed by atoms with van der Waals surface area (Å²) in [6.07, 6.45) is 0.114. The normalized spacial score (nSPS) is 20.2. The van der Waals surface area contributed by atoms with Crippen molar-refractivity contribution >= 4 is 22.9 Å². The zero-order chi connectivity index (χ0) is 13.8. The Kier molecular flexibility index (Phi) is 4.68. The van der Waals surface area contributed by atoms with E-state index in [0.717, 1.165) is 25.4 Å². The highest BCUT2D eigenvalue weighted by Crippen LogP contribution is 2.17. The van der Waals surface area contributed by atoms with E-state index in [1.54, 1.807) is 6.07 Å². The zero-order valence-electron chi connectivity index (χ0n) is 10.9. The molecule has 0 aromatic heterocycles. The molecule has 3 N–H and O–H groups in total. The fourth-order valence-corrected chi connectivity index (χ4v) is 2.26. The summed E-state index contributed by atoms with van der Waals surface area (Å²) in [6, 6.07) is 4.38. The van der Waals surface area contributed by atoms with Gasteiger partial charge in [-0.1, -0.05) is 12.2 Å². The summed E-state index contributed by atoms with van der Waals surface area (Å²) in [5, 5.41) is 3.23. The van der Waals surface area contributed by atoms with Crippen molar-refractivity contribution in [2.45, 2.75) is 6.10 Å². The highest BCUT2D eigenvalue weighted by atomic mass is 32.1. The fourth-order valence-electron chi connectivity index (χ4n) is 2.09. The van der Waals surface area contributed by atoms with Gasteiger partial charge in [0.25, 0.3) is 0 Å². The molecule has 0 radical (unpaired) electrons. The van der Waals surface area contributed by atoms with E-state index in [4.69, 9.17) is 22.7 Å². The number of ether oxygens (including phenoxy) is 1. The van der Waals surface area contributed by atoms with Gasteiger partial charge in [0.15, 0.2) is 0 Å². The van der Waals surface area contributed by atoms with Crippen molar-refractivity contribution in [1.29, 1.82) is 0 Å². The average molecular weight is 283 g/mol. The summed E-state index contributed by atoms with van der Waals surface area (Å²) in [4.78, 5) is 2.40. The molecule has 0 saturated carbocycles. The van der Waals surface area contributed by atoms with E-state index in [9.17, 15) is 4.39 Å². The van der Waals surface area contributed by atoms with Crippen LogP contribution in [-0.4, -0.2) is 49.3 Å². The van der Waals surface area contributed by atoms with Crippen molar-refractivity contribution in [2.24, 2.45) is 5.73 Å². The van der Waals surface area contributed by atoms with Crippen LogP contribution < -0.4 is 11.1 Å². The molecule has 1 heterocycles. The lowest BCUT2D eigenvalue weighted by atomic mass is 10.1. The van der Waals surface area contributed by atoms with Crippen molar-refractivity contribution in [3.05, 3.63) is 29.6 Å². The number of hydrogen-bond donors (Lipinski definition) is 2. The Hall–Kier alpha value is -1.24. The first-order chi connectivity index (χ1) is 9.06. The molecule has 1 atom stereocenters. The van der Waals surface area contributed by atoms with Crippen molar-refractivity contribution in [2.75, 3.05) is 38.6 Å². The van der Waals surface area contributed by atoms with E-state index in [2.05, 4.69) is 17.3 Å². The second kappa shape index (κ2) is 6.27. The van der Waals surface area contributed by atoms with Crippen LogP contribution in [0.5, 0.6) is 0 Å². The molecule has 1 aromatic rings. The van der Waals surface area contributed by atoms with Crippen LogP contribution in [0.4, 0.5) is 10.1 Å². The van der Waals surface area contributed by atoms with Gasteiger partial charge in [-0.2, -0.15) is 0 Å². The Bertz CT molecular complexity index is 469. The number of nitrogens with one attached hydrogen (secondary N) is 1. The van der Waals surface area contributed by atoms with Gasteiger partial charge in [0.05, 0.1) is 12.7 Å². The molecule has 0 amide bonds. The Morgan fingerprint density at radius 2 is 2.42 bits per heavy atom. The van der Waals surface area contributed by atoms with Gasteiger partial charge in [-0.05, 0) is 25.2 Å². The predicted octanol–water partition coefficient (Wildman–Crippen LogP) is 1.20. The number of anilines is 1. The SMILES string of the molecule is CN1CCOC(CNc2ccc(F)cc2C(N)=S)C1. The smallest absolute Gasteiger partial charge is 0.124 e. The third-order valence-corrected chi connectivity index (χ3v) is 3.33. The molecule has 1 aliphatic rings. The summed E-state index contributed by atoms with van der Waals surface area (Å²) in [5.74, 6) is -0.345. The summed E-state index contributed by atoms with van der Waals surface area (Å²) in [5.41, 5.74) is 6.87. The molecule has 2 rings (SSSR count). The average Bonchev–Trinajstić information content (AvgIpc) is 2.37. The third kappa shape index (κ3) is 3.86. The predicted molar refractivity (Wildman–Crippen MR) is 78.0 cm³/mol. The first-order valence-corrected chi connectivity index (χ1v) is 6.60. The minimum absolute atomic E-state index is 0.114. The van der Waals surface area contributed by atoms with E-state index in [0.29, 0.717) is 12.1 Å². The molecule has 0 bridgehead atoms. The van der Waals surface area contributed by atoms with Crippen molar-refractivity contribution in [3.63, 3.8) is 0 Å². The Balaban J connectivity index is 2.01. The maximum atomic E-state index is 13.2.